The molecule has 172 valence electrons. The van der Waals surface area contributed by atoms with Crippen LogP contribution in [0.4, 0.5) is 11.5 Å². The summed E-state index contributed by atoms with van der Waals surface area (Å²) in [5, 5.41) is 4.31. The molecule has 5 rings (SSSR count). The van der Waals surface area contributed by atoms with Crippen LogP contribution in [-0.4, -0.2) is 47.9 Å². The minimum Gasteiger partial charge on any atom is -0.353 e. The van der Waals surface area contributed by atoms with Crippen LogP contribution in [0.1, 0.15) is 11.1 Å². The lowest BCUT2D eigenvalue weighted by Crippen LogP contribution is -2.47. The van der Waals surface area contributed by atoms with Gasteiger partial charge in [0.25, 0.3) is 0 Å². The molecule has 0 aliphatic carbocycles. The average molecular weight is 469 g/mol. The number of anilines is 2. The van der Waals surface area contributed by atoms with Crippen molar-refractivity contribution in [2.75, 3.05) is 42.9 Å². The molecule has 0 unspecified atom stereocenters. The van der Waals surface area contributed by atoms with Gasteiger partial charge in [0, 0.05) is 49.9 Å². The van der Waals surface area contributed by atoms with Gasteiger partial charge in [0.15, 0.2) is 0 Å². The maximum atomic E-state index is 12.5. The van der Waals surface area contributed by atoms with Gasteiger partial charge in [0.05, 0.1) is 4.70 Å². The number of carbonyl (C=O) groups excluding carboxylic acids is 1. The summed E-state index contributed by atoms with van der Waals surface area (Å²) < 4.78 is 5.96. The second-order valence-electron chi connectivity index (χ2n) is 8.47. The van der Waals surface area contributed by atoms with Gasteiger partial charge in [-0.3, -0.25) is 9.69 Å². The molecule has 0 spiro atoms. The Kier molecular flexibility index (Phi) is 6.98. The first-order valence-corrected chi connectivity index (χ1v) is 12.5. The summed E-state index contributed by atoms with van der Waals surface area (Å²) in [5.41, 5.74) is 3.06. The Morgan fingerprint density at radius 2 is 1.65 bits per heavy atom. The third-order valence-corrected chi connectivity index (χ3v) is 7.05. The van der Waals surface area contributed by atoms with Gasteiger partial charge in [-0.15, -0.1) is 0 Å². The van der Waals surface area contributed by atoms with Gasteiger partial charge >= 0.3 is 0 Å². The molecule has 0 bridgehead atoms. The van der Waals surface area contributed by atoms with Gasteiger partial charge < -0.3 is 10.2 Å². The Morgan fingerprint density at radius 3 is 2.50 bits per heavy atom. The van der Waals surface area contributed by atoms with Crippen LogP contribution in [0.3, 0.4) is 0 Å². The van der Waals surface area contributed by atoms with Crippen molar-refractivity contribution in [1.82, 2.24) is 9.27 Å². The van der Waals surface area contributed by atoms with E-state index in [4.69, 9.17) is 4.37 Å². The molecule has 1 N–H and O–H groups in total. The molecular formula is C28H28N4OS. The van der Waals surface area contributed by atoms with Crippen molar-refractivity contribution >= 4 is 45.1 Å². The molecule has 1 fully saturated rings. The second-order valence-corrected chi connectivity index (χ2v) is 9.28. The SMILES string of the molecule is O=C(/C=C\c1ccccc1)Nc1ccccc1CCN1CCN(c2nsc3ccccc23)CC1. The van der Waals surface area contributed by atoms with E-state index in [0.717, 1.165) is 61.8 Å². The predicted molar refractivity (Wildman–Crippen MR) is 143 cm³/mol. The largest absolute Gasteiger partial charge is 0.353 e. The van der Waals surface area contributed by atoms with Crippen molar-refractivity contribution in [1.29, 1.82) is 0 Å². The number of aromatic nitrogens is 1. The zero-order valence-electron chi connectivity index (χ0n) is 19.1. The third-order valence-electron chi connectivity index (χ3n) is 6.23. The van der Waals surface area contributed by atoms with Crippen LogP contribution in [0.15, 0.2) is 84.9 Å². The standard InChI is InChI=1S/C28H28N4OS/c33-27(15-14-22-8-2-1-3-9-22)29-25-12-6-4-10-23(25)16-17-31-18-20-32(21-19-31)28-24-11-5-7-13-26(24)34-30-28/h1-15H,16-21H2,(H,29,33)/b15-14-. The molecule has 1 amide bonds. The maximum Gasteiger partial charge on any atom is 0.248 e. The highest BCUT2D eigenvalue weighted by molar-refractivity contribution is 7.13. The van der Waals surface area contributed by atoms with Gasteiger partial charge in [-0.25, -0.2) is 0 Å². The molecule has 4 aromatic rings. The molecule has 1 aliphatic heterocycles. The van der Waals surface area contributed by atoms with Crippen LogP contribution in [0, 0.1) is 0 Å². The Labute approximate surface area is 204 Å². The quantitative estimate of drug-likeness (QED) is 0.373. The van der Waals surface area contributed by atoms with Gasteiger partial charge in [0.1, 0.15) is 5.82 Å². The number of hydrogen-bond donors (Lipinski definition) is 1. The van der Waals surface area contributed by atoms with Crippen molar-refractivity contribution < 1.29 is 4.79 Å². The van der Waals surface area contributed by atoms with Crippen LogP contribution in [0.2, 0.25) is 0 Å². The van der Waals surface area contributed by atoms with Crippen molar-refractivity contribution in [3.8, 4) is 0 Å². The number of nitrogens with zero attached hydrogens (tertiary/aromatic N) is 3. The molecule has 0 saturated carbocycles. The molecule has 1 saturated heterocycles. The van der Waals surface area contributed by atoms with Crippen LogP contribution in [-0.2, 0) is 11.2 Å². The van der Waals surface area contributed by atoms with E-state index in [-0.39, 0.29) is 5.91 Å². The summed E-state index contributed by atoms with van der Waals surface area (Å²) >= 11 is 1.58. The van der Waals surface area contributed by atoms with E-state index in [2.05, 4.69) is 45.4 Å². The molecule has 1 aromatic heterocycles. The zero-order valence-corrected chi connectivity index (χ0v) is 19.9. The van der Waals surface area contributed by atoms with E-state index in [1.807, 2.05) is 54.6 Å². The smallest absolute Gasteiger partial charge is 0.248 e. The highest BCUT2D eigenvalue weighted by Crippen LogP contribution is 2.29. The number of benzene rings is 3. The first-order chi connectivity index (χ1) is 16.8. The summed E-state index contributed by atoms with van der Waals surface area (Å²) in [4.78, 5) is 17.4. The Morgan fingerprint density at radius 1 is 0.912 bits per heavy atom. The van der Waals surface area contributed by atoms with Crippen molar-refractivity contribution in [3.05, 3.63) is 96.1 Å². The number of piperazine rings is 1. The average Bonchev–Trinajstić information content (AvgIpc) is 3.32. The Balaban J connectivity index is 1.15. The first-order valence-electron chi connectivity index (χ1n) is 11.7. The maximum absolute atomic E-state index is 12.5. The number of amides is 1. The lowest BCUT2D eigenvalue weighted by Gasteiger charge is -2.35. The summed E-state index contributed by atoms with van der Waals surface area (Å²) in [5.74, 6) is 1.01. The van der Waals surface area contributed by atoms with Gasteiger partial charge in [0.2, 0.25) is 5.91 Å². The van der Waals surface area contributed by atoms with Gasteiger partial charge in [-0.05, 0) is 53.4 Å². The molecule has 1 aliphatic rings. The number of rotatable bonds is 7. The normalized spacial score (nSPS) is 14.6. The van der Waals surface area contributed by atoms with Crippen LogP contribution in [0.25, 0.3) is 16.2 Å². The van der Waals surface area contributed by atoms with E-state index < -0.39 is 0 Å². The first kappa shape index (κ1) is 22.3. The second kappa shape index (κ2) is 10.6. The van der Waals surface area contributed by atoms with Crippen LogP contribution >= 0.6 is 11.5 Å². The number of fused-ring (bicyclic) bond motifs is 1. The summed E-state index contributed by atoms with van der Waals surface area (Å²) in [6, 6.07) is 26.4. The highest BCUT2D eigenvalue weighted by Gasteiger charge is 2.20. The van der Waals surface area contributed by atoms with Crippen molar-refractivity contribution in [2.24, 2.45) is 0 Å². The fraction of sp³-hybridized carbons (Fsp3) is 0.214. The monoisotopic (exact) mass is 468 g/mol. The molecule has 5 nitrogen and oxygen atoms in total. The lowest BCUT2D eigenvalue weighted by atomic mass is 10.1. The van der Waals surface area contributed by atoms with Crippen LogP contribution < -0.4 is 10.2 Å². The molecule has 34 heavy (non-hydrogen) atoms. The van der Waals surface area contributed by atoms with Gasteiger partial charge in [-0.1, -0.05) is 60.7 Å². The molecule has 6 heteroatoms. The van der Waals surface area contributed by atoms with E-state index in [1.54, 1.807) is 17.6 Å². The topological polar surface area (TPSA) is 48.5 Å². The predicted octanol–water partition coefficient (Wildman–Crippen LogP) is 5.31. The fourth-order valence-corrected chi connectivity index (χ4v) is 5.13. The highest BCUT2D eigenvalue weighted by atomic mass is 32.1. The number of para-hydroxylation sites is 1. The third kappa shape index (κ3) is 5.35. The van der Waals surface area contributed by atoms with E-state index in [1.165, 1.54) is 10.1 Å². The molecular weight excluding hydrogens is 440 g/mol. The summed E-state index contributed by atoms with van der Waals surface area (Å²) in [6.07, 6.45) is 4.33. The van der Waals surface area contributed by atoms with E-state index >= 15 is 0 Å². The number of nitrogens with one attached hydrogen (secondary N) is 1. The number of hydrogen-bond acceptors (Lipinski definition) is 5. The Bertz CT molecular complexity index is 1280. The number of carbonyl (C=O) groups is 1. The zero-order chi connectivity index (χ0) is 23.2. The van der Waals surface area contributed by atoms with E-state index in [0.29, 0.717) is 0 Å². The Hall–Kier alpha value is -3.48. The van der Waals surface area contributed by atoms with E-state index in [9.17, 15) is 4.79 Å². The molecule has 0 atom stereocenters. The molecule has 3 aromatic carbocycles. The minimum absolute atomic E-state index is 0.111. The lowest BCUT2D eigenvalue weighted by molar-refractivity contribution is -0.111. The molecule has 0 radical (unpaired) electrons. The van der Waals surface area contributed by atoms with Crippen LogP contribution in [0.5, 0.6) is 0 Å². The fourth-order valence-electron chi connectivity index (χ4n) is 4.33. The minimum atomic E-state index is -0.111. The molecule has 2 heterocycles. The van der Waals surface area contributed by atoms with Gasteiger partial charge in [-0.2, -0.15) is 4.37 Å². The van der Waals surface area contributed by atoms with Crippen molar-refractivity contribution in [3.63, 3.8) is 0 Å². The summed E-state index contributed by atoms with van der Waals surface area (Å²) in [6.45, 7) is 4.96. The van der Waals surface area contributed by atoms with Crippen molar-refractivity contribution in [2.45, 2.75) is 6.42 Å². The summed E-state index contributed by atoms with van der Waals surface area (Å²) in [7, 11) is 0.